The average Bonchev–Trinajstić information content (AvgIpc) is 2.63. The standard InChI is InChI=1S/C19H23N3O2/c1-15(2)21-10-12-22(13-11-21)19(23)16-8-9-18(20-14-16)24-17-6-4-3-5-7-17/h3-9,14-15H,10-13H2,1-2H3. The molecule has 2 aromatic rings. The Balaban J connectivity index is 1.60. The molecule has 0 aliphatic carbocycles. The average molecular weight is 325 g/mol. The molecule has 0 saturated carbocycles. The molecule has 0 N–H and O–H groups in total. The first kappa shape index (κ1) is 16.5. The summed E-state index contributed by atoms with van der Waals surface area (Å²) in [6, 6.07) is 13.5. The highest BCUT2D eigenvalue weighted by atomic mass is 16.5. The summed E-state index contributed by atoms with van der Waals surface area (Å²) < 4.78 is 5.66. The Hall–Kier alpha value is -2.40. The molecular formula is C19H23N3O2. The lowest BCUT2D eigenvalue weighted by atomic mass is 10.2. The number of piperazine rings is 1. The fraction of sp³-hybridized carbons (Fsp3) is 0.368. The van der Waals surface area contributed by atoms with Gasteiger partial charge in [0.05, 0.1) is 5.56 Å². The zero-order valence-corrected chi connectivity index (χ0v) is 14.2. The molecule has 1 aliphatic rings. The summed E-state index contributed by atoms with van der Waals surface area (Å²) in [5.74, 6) is 1.26. The summed E-state index contributed by atoms with van der Waals surface area (Å²) >= 11 is 0. The molecule has 2 heterocycles. The van der Waals surface area contributed by atoms with E-state index in [0.29, 0.717) is 17.5 Å². The van der Waals surface area contributed by atoms with Gasteiger partial charge in [-0.15, -0.1) is 0 Å². The van der Waals surface area contributed by atoms with Gasteiger partial charge in [-0.3, -0.25) is 9.69 Å². The Kier molecular flexibility index (Phi) is 5.11. The number of carbonyl (C=O) groups excluding carboxylic acids is 1. The molecule has 0 unspecified atom stereocenters. The van der Waals surface area contributed by atoms with Crippen molar-refractivity contribution in [1.82, 2.24) is 14.8 Å². The van der Waals surface area contributed by atoms with Crippen molar-refractivity contribution in [3.05, 3.63) is 54.2 Å². The van der Waals surface area contributed by atoms with Gasteiger partial charge >= 0.3 is 0 Å². The maximum absolute atomic E-state index is 12.6. The van der Waals surface area contributed by atoms with Crippen molar-refractivity contribution in [2.24, 2.45) is 0 Å². The van der Waals surface area contributed by atoms with Crippen LogP contribution in [0.15, 0.2) is 48.7 Å². The number of aromatic nitrogens is 1. The molecule has 1 saturated heterocycles. The van der Waals surface area contributed by atoms with Gasteiger partial charge in [0.25, 0.3) is 5.91 Å². The number of rotatable bonds is 4. The van der Waals surface area contributed by atoms with Crippen molar-refractivity contribution in [3.63, 3.8) is 0 Å². The first-order chi connectivity index (χ1) is 11.6. The molecule has 1 aromatic heterocycles. The van der Waals surface area contributed by atoms with Crippen molar-refractivity contribution in [2.45, 2.75) is 19.9 Å². The van der Waals surface area contributed by atoms with E-state index in [1.54, 1.807) is 18.3 Å². The van der Waals surface area contributed by atoms with Gasteiger partial charge in [0.15, 0.2) is 0 Å². The highest BCUT2D eigenvalue weighted by molar-refractivity contribution is 5.94. The van der Waals surface area contributed by atoms with Crippen molar-refractivity contribution in [1.29, 1.82) is 0 Å². The summed E-state index contributed by atoms with van der Waals surface area (Å²) in [5, 5.41) is 0. The molecule has 5 nitrogen and oxygen atoms in total. The number of nitrogens with zero attached hydrogens (tertiary/aromatic N) is 3. The number of amides is 1. The molecule has 1 aliphatic heterocycles. The minimum atomic E-state index is 0.0390. The zero-order chi connectivity index (χ0) is 16.9. The van der Waals surface area contributed by atoms with Crippen LogP contribution in [0.5, 0.6) is 11.6 Å². The molecule has 24 heavy (non-hydrogen) atoms. The van der Waals surface area contributed by atoms with E-state index in [9.17, 15) is 4.79 Å². The molecule has 0 radical (unpaired) electrons. The van der Waals surface area contributed by atoms with Crippen LogP contribution < -0.4 is 4.74 Å². The number of carbonyl (C=O) groups is 1. The summed E-state index contributed by atoms with van der Waals surface area (Å²) in [6.45, 7) is 7.75. The normalized spacial score (nSPS) is 15.5. The van der Waals surface area contributed by atoms with E-state index in [2.05, 4.69) is 23.7 Å². The summed E-state index contributed by atoms with van der Waals surface area (Å²) in [7, 11) is 0. The van der Waals surface area contributed by atoms with Gasteiger partial charge in [0.1, 0.15) is 5.75 Å². The van der Waals surface area contributed by atoms with Gasteiger partial charge in [0.2, 0.25) is 5.88 Å². The van der Waals surface area contributed by atoms with E-state index in [0.717, 1.165) is 31.9 Å². The molecule has 5 heteroatoms. The van der Waals surface area contributed by atoms with Gasteiger partial charge in [-0.05, 0) is 32.0 Å². The second kappa shape index (κ2) is 7.45. The molecule has 0 bridgehead atoms. The first-order valence-corrected chi connectivity index (χ1v) is 8.36. The van der Waals surface area contributed by atoms with Crippen LogP contribution in [0.25, 0.3) is 0 Å². The lowest BCUT2D eigenvalue weighted by molar-refractivity contribution is 0.0595. The smallest absolute Gasteiger partial charge is 0.255 e. The van der Waals surface area contributed by atoms with Gasteiger partial charge in [-0.25, -0.2) is 4.98 Å². The van der Waals surface area contributed by atoms with Crippen molar-refractivity contribution in [2.75, 3.05) is 26.2 Å². The van der Waals surface area contributed by atoms with Crippen LogP contribution >= 0.6 is 0 Å². The minimum absolute atomic E-state index is 0.0390. The highest BCUT2D eigenvalue weighted by Crippen LogP contribution is 2.19. The highest BCUT2D eigenvalue weighted by Gasteiger charge is 2.23. The van der Waals surface area contributed by atoms with Crippen LogP contribution in [-0.2, 0) is 0 Å². The Morgan fingerprint density at radius 2 is 1.75 bits per heavy atom. The largest absolute Gasteiger partial charge is 0.439 e. The third kappa shape index (κ3) is 3.92. The van der Waals surface area contributed by atoms with Crippen LogP contribution in [0.4, 0.5) is 0 Å². The van der Waals surface area contributed by atoms with E-state index < -0.39 is 0 Å². The topological polar surface area (TPSA) is 45.7 Å². The maximum Gasteiger partial charge on any atom is 0.255 e. The third-order valence-electron chi connectivity index (χ3n) is 4.28. The number of benzene rings is 1. The maximum atomic E-state index is 12.6. The predicted molar refractivity (Wildman–Crippen MR) is 93.4 cm³/mol. The molecule has 3 rings (SSSR count). The molecule has 126 valence electrons. The van der Waals surface area contributed by atoms with Crippen LogP contribution in [0, 0.1) is 0 Å². The monoisotopic (exact) mass is 325 g/mol. The van der Waals surface area contributed by atoms with Gasteiger partial charge in [0, 0.05) is 44.5 Å². The first-order valence-electron chi connectivity index (χ1n) is 8.36. The second-order valence-electron chi connectivity index (χ2n) is 6.22. The van der Waals surface area contributed by atoms with Gasteiger partial charge in [-0.1, -0.05) is 18.2 Å². The van der Waals surface area contributed by atoms with Crippen LogP contribution in [-0.4, -0.2) is 52.9 Å². The van der Waals surface area contributed by atoms with E-state index in [4.69, 9.17) is 4.74 Å². The fourth-order valence-electron chi connectivity index (χ4n) is 2.80. The molecule has 1 aromatic carbocycles. The predicted octanol–water partition coefficient (Wildman–Crippen LogP) is 3.04. The number of pyridine rings is 1. The Labute approximate surface area is 142 Å². The van der Waals surface area contributed by atoms with E-state index in [-0.39, 0.29) is 5.91 Å². The van der Waals surface area contributed by atoms with Crippen molar-refractivity contribution < 1.29 is 9.53 Å². The Morgan fingerprint density at radius 3 is 2.33 bits per heavy atom. The minimum Gasteiger partial charge on any atom is -0.439 e. The number of hydrogen-bond acceptors (Lipinski definition) is 4. The van der Waals surface area contributed by atoms with E-state index >= 15 is 0 Å². The van der Waals surface area contributed by atoms with Crippen LogP contribution in [0.1, 0.15) is 24.2 Å². The zero-order valence-electron chi connectivity index (χ0n) is 14.2. The quantitative estimate of drug-likeness (QED) is 0.867. The number of ether oxygens (including phenoxy) is 1. The molecule has 1 fully saturated rings. The van der Waals surface area contributed by atoms with E-state index in [1.165, 1.54) is 0 Å². The summed E-state index contributed by atoms with van der Waals surface area (Å²) in [6.07, 6.45) is 1.59. The Morgan fingerprint density at radius 1 is 1.04 bits per heavy atom. The molecule has 1 amide bonds. The lowest BCUT2D eigenvalue weighted by Crippen LogP contribution is -2.50. The van der Waals surface area contributed by atoms with Crippen molar-refractivity contribution >= 4 is 5.91 Å². The lowest BCUT2D eigenvalue weighted by Gasteiger charge is -2.36. The van der Waals surface area contributed by atoms with Gasteiger partial charge < -0.3 is 9.64 Å². The van der Waals surface area contributed by atoms with Crippen LogP contribution in [0.2, 0.25) is 0 Å². The molecule has 0 spiro atoms. The summed E-state index contributed by atoms with van der Waals surface area (Å²) in [5.41, 5.74) is 0.605. The number of hydrogen-bond donors (Lipinski definition) is 0. The number of para-hydroxylation sites is 1. The second-order valence-corrected chi connectivity index (χ2v) is 6.22. The Bertz CT molecular complexity index is 663. The van der Waals surface area contributed by atoms with E-state index in [1.807, 2.05) is 35.2 Å². The van der Waals surface area contributed by atoms with Crippen molar-refractivity contribution in [3.8, 4) is 11.6 Å². The third-order valence-corrected chi connectivity index (χ3v) is 4.28. The van der Waals surface area contributed by atoms with Gasteiger partial charge in [-0.2, -0.15) is 0 Å². The molecular weight excluding hydrogens is 302 g/mol. The molecule has 0 atom stereocenters. The SMILES string of the molecule is CC(C)N1CCN(C(=O)c2ccc(Oc3ccccc3)nc2)CC1. The summed E-state index contributed by atoms with van der Waals surface area (Å²) in [4.78, 5) is 21.1. The fourth-order valence-corrected chi connectivity index (χ4v) is 2.80. The van der Waals surface area contributed by atoms with Crippen LogP contribution in [0.3, 0.4) is 0 Å².